The quantitative estimate of drug-likeness (QED) is 0.325. The van der Waals surface area contributed by atoms with Crippen molar-refractivity contribution in [2.45, 2.75) is 62.5 Å². The molecule has 4 rings (SSSR count). The van der Waals surface area contributed by atoms with Gasteiger partial charge in [-0.05, 0) is 50.2 Å². The van der Waals surface area contributed by atoms with Crippen molar-refractivity contribution in [3.63, 3.8) is 0 Å². The van der Waals surface area contributed by atoms with Gasteiger partial charge in [-0.3, -0.25) is 10.1 Å². The van der Waals surface area contributed by atoms with Gasteiger partial charge >= 0.3 is 5.97 Å². The van der Waals surface area contributed by atoms with E-state index in [4.69, 9.17) is 9.73 Å². The van der Waals surface area contributed by atoms with Crippen molar-refractivity contribution in [2.75, 3.05) is 18.8 Å². The molecule has 1 aliphatic carbocycles. The predicted octanol–water partition coefficient (Wildman–Crippen LogP) is 3.70. The van der Waals surface area contributed by atoms with E-state index in [2.05, 4.69) is 11.4 Å². The van der Waals surface area contributed by atoms with Crippen molar-refractivity contribution in [2.24, 2.45) is 4.99 Å². The lowest BCUT2D eigenvalue weighted by Gasteiger charge is -2.25. The minimum atomic E-state index is -0.0847. The number of benzene rings is 1. The van der Waals surface area contributed by atoms with Crippen LogP contribution in [0.15, 0.2) is 23.2 Å². The molecule has 0 bridgehead atoms. The normalized spacial score (nSPS) is 24.5. The first kappa shape index (κ1) is 19.3. The van der Waals surface area contributed by atoms with Crippen LogP contribution in [0.5, 0.6) is 5.75 Å². The number of nitrogens with two attached hydrogens (primary N) is 1. The highest BCUT2D eigenvalue weighted by atomic mass is 33.1. The highest BCUT2D eigenvalue weighted by Gasteiger charge is 2.32. The number of quaternary nitrogens is 1. The maximum Gasteiger partial charge on any atom is 0.311 e. The van der Waals surface area contributed by atoms with E-state index in [0.29, 0.717) is 12.3 Å². The Bertz CT molecular complexity index is 701. The Morgan fingerprint density at radius 3 is 3.07 bits per heavy atom. The number of esters is 1. The molecular formula is C21H29N2O2S2+. The Kier molecular flexibility index (Phi) is 6.79. The first-order valence-corrected chi connectivity index (χ1v) is 12.7. The molecule has 0 spiro atoms. The van der Waals surface area contributed by atoms with Gasteiger partial charge in [0.2, 0.25) is 5.84 Å². The Hall–Kier alpha value is -0.980. The third-order valence-corrected chi connectivity index (χ3v) is 8.69. The van der Waals surface area contributed by atoms with Crippen LogP contribution in [0.2, 0.25) is 0 Å². The second-order valence-electron chi connectivity index (χ2n) is 7.62. The second-order valence-corrected chi connectivity index (χ2v) is 10.4. The summed E-state index contributed by atoms with van der Waals surface area (Å²) in [5, 5.41) is 3.05. The van der Waals surface area contributed by atoms with Gasteiger partial charge < -0.3 is 4.74 Å². The van der Waals surface area contributed by atoms with Crippen LogP contribution in [-0.2, 0) is 11.2 Å². The van der Waals surface area contributed by atoms with E-state index in [1.54, 1.807) is 0 Å². The lowest BCUT2D eigenvalue weighted by atomic mass is 9.81. The first-order chi connectivity index (χ1) is 13.3. The molecule has 0 saturated carbocycles. The third kappa shape index (κ3) is 4.90. The SMILES string of the molecule is O=C(CCCCC1CCSS1)Oc1cccc2c1C(C1=NCC[NH2+]1)CCC2. The van der Waals surface area contributed by atoms with Crippen LogP contribution in [0.3, 0.4) is 0 Å². The Balaban J connectivity index is 1.36. The number of nitrogens with zero attached hydrogens (tertiary/aromatic N) is 1. The van der Waals surface area contributed by atoms with E-state index < -0.39 is 0 Å². The van der Waals surface area contributed by atoms with Gasteiger partial charge in [0.1, 0.15) is 12.3 Å². The van der Waals surface area contributed by atoms with Gasteiger partial charge in [-0.15, -0.1) is 0 Å². The van der Waals surface area contributed by atoms with Gasteiger partial charge in [0.15, 0.2) is 0 Å². The fourth-order valence-corrected chi connectivity index (χ4v) is 7.36. The summed E-state index contributed by atoms with van der Waals surface area (Å²) in [7, 11) is 4.00. The first-order valence-electron chi connectivity index (χ1n) is 10.3. The van der Waals surface area contributed by atoms with E-state index in [1.165, 1.54) is 42.0 Å². The van der Waals surface area contributed by atoms with Gasteiger partial charge in [0.25, 0.3) is 0 Å². The molecular weight excluding hydrogens is 376 g/mol. The van der Waals surface area contributed by atoms with Crippen molar-refractivity contribution in [3.05, 3.63) is 29.3 Å². The van der Waals surface area contributed by atoms with Crippen LogP contribution in [0, 0.1) is 0 Å². The van der Waals surface area contributed by atoms with Gasteiger partial charge in [0, 0.05) is 23.0 Å². The topological polar surface area (TPSA) is 55.3 Å². The van der Waals surface area contributed by atoms with Crippen molar-refractivity contribution in [1.82, 2.24) is 0 Å². The smallest absolute Gasteiger partial charge is 0.311 e. The highest BCUT2D eigenvalue weighted by Crippen LogP contribution is 2.40. The predicted molar refractivity (Wildman–Crippen MR) is 114 cm³/mol. The van der Waals surface area contributed by atoms with Crippen LogP contribution < -0.4 is 10.1 Å². The lowest BCUT2D eigenvalue weighted by Crippen LogP contribution is -2.87. The number of aliphatic imine (C=N–C) groups is 1. The summed E-state index contributed by atoms with van der Waals surface area (Å²) >= 11 is 0. The monoisotopic (exact) mass is 405 g/mol. The molecule has 2 heterocycles. The summed E-state index contributed by atoms with van der Waals surface area (Å²) in [4.78, 5) is 17.1. The molecule has 1 aromatic rings. The van der Waals surface area contributed by atoms with Crippen LogP contribution in [0.1, 0.15) is 62.0 Å². The van der Waals surface area contributed by atoms with Crippen LogP contribution >= 0.6 is 21.6 Å². The summed E-state index contributed by atoms with van der Waals surface area (Å²) < 4.78 is 5.86. The number of amidine groups is 1. The number of unbranched alkanes of at least 4 members (excludes halogenated alkanes) is 1. The molecule has 1 aromatic carbocycles. The second kappa shape index (κ2) is 9.48. The molecule has 27 heavy (non-hydrogen) atoms. The minimum absolute atomic E-state index is 0.0847. The number of ether oxygens (including phenoxy) is 1. The average Bonchev–Trinajstić information content (AvgIpc) is 3.39. The molecule has 0 aromatic heterocycles. The summed E-state index contributed by atoms with van der Waals surface area (Å²) in [5.41, 5.74) is 2.55. The van der Waals surface area contributed by atoms with E-state index >= 15 is 0 Å². The molecule has 1 fully saturated rings. The van der Waals surface area contributed by atoms with E-state index in [1.807, 2.05) is 33.7 Å². The minimum Gasteiger partial charge on any atom is -0.426 e. The van der Waals surface area contributed by atoms with Gasteiger partial charge in [-0.2, -0.15) is 0 Å². The summed E-state index contributed by atoms with van der Waals surface area (Å²) in [6.07, 6.45) is 8.47. The van der Waals surface area contributed by atoms with Crippen LogP contribution in [-0.4, -0.2) is 35.9 Å². The number of fused-ring (bicyclic) bond motifs is 1. The zero-order chi connectivity index (χ0) is 18.5. The highest BCUT2D eigenvalue weighted by molar-refractivity contribution is 8.77. The zero-order valence-corrected chi connectivity index (χ0v) is 17.5. The van der Waals surface area contributed by atoms with Gasteiger partial charge in [-0.1, -0.05) is 40.1 Å². The molecule has 0 amide bonds. The number of aryl methyl sites for hydroxylation is 1. The van der Waals surface area contributed by atoms with Gasteiger partial charge in [0.05, 0.1) is 12.5 Å². The molecule has 2 atom stereocenters. The molecule has 146 valence electrons. The number of hydrogen-bond acceptors (Lipinski definition) is 5. The number of hydrogen-bond donors (Lipinski definition) is 1. The fraction of sp³-hybridized carbons (Fsp3) is 0.619. The molecule has 4 nitrogen and oxygen atoms in total. The van der Waals surface area contributed by atoms with Gasteiger partial charge in [-0.25, -0.2) is 4.99 Å². The number of carbonyl (C=O) groups excluding carboxylic acids is 1. The molecule has 2 aliphatic heterocycles. The van der Waals surface area contributed by atoms with Crippen LogP contribution in [0.25, 0.3) is 0 Å². The zero-order valence-electron chi connectivity index (χ0n) is 15.8. The van der Waals surface area contributed by atoms with E-state index in [-0.39, 0.29) is 5.97 Å². The third-order valence-electron chi connectivity index (χ3n) is 5.69. The number of carbonyl (C=O) groups is 1. The molecule has 6 heteroatoms. The largest absolute Gasteiger partial charge is 0.426 e. The van der Waals surface area contributed by atoms with Crippen molar-refractivity contribution >= 4 is 33.4 Å². The van der Waals surface area contributed by atoms with Crippen LogP contribution in [0.4, 0.5) is 0 Å². The van der Waals surface area contributed by atoms with Crippen molar-refractivity contribution in [1.29, 1.82) is 0 Å². The molecule has 0 radical (unpaired) electrons. The maximum absolute atomic E-state index is 12.5. The molecule has 2 N–H and O–H groups in total. The Labute approximate surface area is 169 Å². The Morgan fingerprint density at radius 1 is 1.30 bits per heavy atom. The number of rotatable bonds is 7. The Morgan fingerprint density at radius 2 is 2.26 bits per heavy atom. The van der Waals surface area contributed by atoms with Crippen molar-refractivity contribution < 1.29 is 14.8 Å². The maximum atomic E-state index is 12.5. The lowest BCUT2D eigenvalue weighted by molar-refractivity contribution is -0.531. The van der Waals surface area contributed by atoms with Crippen molar-refractivity contribution in [3.8, 4) is 5.75 Å². The standard InChI is InChI=1S/C21H28N2O2S2/c24-19(10-2-1-7-16-11-14-26-27-16)25-18-9-4-6-15-5-3-8-17(20(15)18)21-22-12-13-23-21/h4,6,9,16-17H,1-3,5,7-8,10-14H2,(H,22,23)/p+1. The fourth-order valence-electron chi connectivity index (χ4n) is 4.33. The summed E-state index contributed by atoms with van der Waals surface area (Å²) in [6.45, 7) is 1.95. The summed E-state index contributed by atoms with van der Waals surface area (Å²) in [5.74, 6) is 3.47. The molecule has 1 saturated heterocycles. The molecule has 3 aliphatic rings. The van der Waals surface area contributed by atoms with E-state index in [9.17, 15) is 4.79 Å². The summed E-state index contributed by atoms with van der Waals surface area (Å²) in [6, 6.07) is 6.18. The molecule has 2 unspecified atom stereocenters. The van der Waals surface area contributed by atoms with E-state index in [0.717, 1.165) is 49.8 Å². The average molecular weight is 406 g/mol.